The maximum atomic E-state index is 13.1. The Morgan fingerprint density at radius 3 is 2.16 bits per heavy atom. The van der Waals surface area contributed by atoms with Crippen LogP contribution < -0.4 is 0 Å². The number of aliphatic hydroxyl groups is 1. The molecule has 0 aromatic heterocycles. The lowest BCUT2D eigenvalue weighted by atomic mass is 9.98. The number of hydrogen-bond donors (Lipinski definition) is 1. The molecular formula is C16H16F2O. The van der Waals surface area contributed by atoms with Crippen LogP contribution >= 0.6 is 0 Å². The predicted molar refractivity (Wildman–Crippen MR) is 70.9 cm³/mol. The normalized spacial score (nSPS) is 12.5. The van der Waals surface area contributed by atoms with Gasteiger partial charge in [-0.3, -0.25) is 0 Å². The molecule has 1 unspecified atom stereocenters. The Balaban J connectivity index is 2.20. The van der Waals surface area contributed by atoms with Crippen LogP contribution in [-0.2, 0) is 6.42 Å². The van der Waals surface area contributed by atoms with Crippen LogP contribution in [0.3, 0.4) is 0 Å². The van der Waals surface area contributed by atoms with E-state index >= 15 is 0 Å². The molecule has 0 amide bonds. The summed E-state index contributed by atoms with van der Waals surface area (Å²) in [4.78, 5) is 0. The average molecular weight is 262 g/mol. The molecule has 2 aromatic carbocycles. The molecule has 0 spiro atoms. The van der Waals surface area contributed by atoms with E-state index in [-0.39, 0.29) is 6.42 Å². The Labute approximate surface area is 111 Å². The zero-order chi connectivity index (χ0) is 14.0. The second kappa shape index (κ2) is 5.49. The van der Waals surface area contributed by atoms with Gasteiger partial charge in [-0.15, -0.1) is 0 Å². The monoisotopic (exact) mass is 262 g/mol. The van der Waals surface area contributed by atoms with Gasteiger partial charge in [0.15, 0.2) is 11.6 Å². The van der Waals surface area contributed by atoms with E-state index in [1.54, 1.807) is 0 Å². The van der Waals surface area contributed by atoms with E-state index in [0.29, 0.717) is 5.56 Å². The van der Waals surface area contributed by atoms with Crippen molar-refractivity contribution in [2.75, 3.05) is 0 Å². The third-order valence-corrected chi connectivity index (χ3v) is 3.04. The minimum Gasteiger partial charge on any atom is -0.388 e. The first kappa shape index (κ1) is 13.7. The predicted octanol–water partition coefficient (Wildman–Crippen LogP) is 3.86. The molecule has 0 saturated heterocycles. The van der Waals surface area contributed by atoms with Crippen molar-refractivity contribution in [2.45, 2.75) is 26.4 Å². The van der Waals surface area contributed by atoms with Gasteiger partial charge in [0.25, 0.3) is 0 Å². The topological polar surface area (TPSA) is 20.2 Å². The Morgan fingerprint density at radius 1 is 0.947 bits per heavy atom. The lowest BCUT2D eigenvalue weighted by Gasteiger charge is -2.13. The molecule has 0 radical (unpaired) electrons. The van der Waals surface area contributed by atoms with Gasteiger partial charge in [-0.05, 0) is 37.1 Å². The number of aliphatic hydroxyl groups excluding tert-OH is 1. The molecule has 0 aliphatic rings. The van der Waals surface area contributed by atoms with E-state index in [0.717, 1.165) is 28.8 Å². The molecule has 0 aliphatic heterocycles. The molecule has 1 atom stereocenters. The summed E-state index contributed by atoms with van der Waals surface area (Å²) in [5, 5.41) is 10.2. The smallest absolute Gasteiger partial charge is 0.159 e. The molecular weight excluding hydrogens is 246 g/mol. The van der Waals surface area contributed by atoms with Gasteiger partial charge in [0.1, 0.15) is 0 Å². The minimum atomic E-state index is -0.884. The SMILES string of the molecule is Cc1cc(C)cc(C(O)Cc2ccc(F)c(F)c2)c1. The zero-order valence-corrected chi connectivity index (χ0v) is 11.0. The second-order valence-electron chi connectivity index (χ2n) is 4.89. The molecule has 1 nitrogen and oxygen atoms in total. The van der Waals surface area contributed by atoms with Crippen LogP contribution in [0.4, 0.5) is 8.78 Å². The average Bonchev–Trinajstić information content (AvgIpc) is 2.32. The lowest BCUT2D eigenvalue weighted by Crippen LogP contribution is -2.03. The quantitative estimate of drug-likeness (QED) is 0.890. The Kier molecular flexibility index (Phi) is 3.96. The van der Waals surface area contributed by atoms with Gasteiger partial charge >= 0.3 is 0 Å². The highest BCUT2D eigenvalue weighted by Gasteiger charge is 2.11. The number of aryl methyl sites for hydroxylation is 2. The highest BCUT2D eigenvalue weighted by Crippen LogP contribution is 2.21. The van der Waals surface area contributed by atoms with Crippen molar-refractivity contribution in [3.63, 3.8) is 0 Å². The summed E-state index contributed by atoms with van der Waals surface area (Å²) in [6.45, 7) is 3.92. The van der Waals surface area contributed by atoms with Crippen LogP contribution in [0.2, 0.25) is 0 Å². The first-order valence-electron chi connectivity index (χ1n) is 6.16. The summed E-state index contributed by atoms with van der Waals surface area (Å²) in [6, 6.07) is 9.52. The van der Waals surface area contributed by atoms with Gasteiger partial charge in [0.05, 0.1) is 6.10 Å². The van der Waals surface area contributed by atoms with Crippen LogP contribution in [0, 0.1) is 25.5 Å². The van der Waals surface area contributed by atoms with E-state index in [4.69, 9.17) is 0 Å². The fourth-order valence-electron chi connectivity index (χ4n) is 2.21. The summed E-state index contributed by atoms with van der Waals surface area (Å²) in [5.41, 5.74) is 3.51. The number of hydrogen-bond acceptors (Lipinski definition) is 1. The largest absolute Gasteiger partial charge is 0.388 e. The maximum absolute atomic E-state index is 13.1. The summed E-state index contributed by atoms with van der Waals surface area (Å²) < 4.78 is 25.9. The molecule has 2 aromatic rings. The van der Waals surface area contributed by atoms with E-state index in [9.17, 15) is 13.9 Å². The van der Waals surface area contributed by atoms with Gasteiger partial charge in [0, 0.05) is 6.42 Å². The van der Waals surface area contributed by atoms with Crippen molar-refractivity contribution < 1.29 is 13.9 Å². The molecule has 2 rings (SSSR count). The minimum absolute atomic E-state index is 0.264. The summed E-state index contributed by atoms with van der Waals surface area (Å²) >= 11 is 0. The summed E-state index contributed by atoms with van der Waals surface area (Å²) in [5.74, 6) is -1.75. The van der Waals surface area contributed by atoms with Crippen molar-refractivity contribution in [3.8, 4) is 0 Å². The van der Waals surface area contributed by atoms with Crippen LogP contribution in [0.5, 0.6) is 0 Å². The molecule has 0 saturated carbocycles. The van der Waals surface area contributed by atoms with Crippen LogP contribution in [0.25, 0.3) is 0 Å². The number of halogens is 2. The zero-order valence-electron chi connectivity index (χ0n) is 11.0. The van der Waals surface area contributed by atoms with Crippen LogP contribution in [0.1, 0.15) is 28.4 Å². The summed E-state index contributed by atoms with van der Waals surface area (Å²) in [7, 11) is 0. The van der Waals surface area contributed by atoms with Crippen molar-refractivity contribution in [1.82, 2.24) is 0 Å². The van der Waals surface area contributed by atoms with Gasteiger partial charge in [-0.1, -0.05) is 35.4 Å². The van der Waals surface area contributed by atoms with Gasteiger partial charge < -0.3 is 5.11 Å². The first-order chi connectivity index (χ1) is 8.95. The van der Waals surface area contributed by atoms with Gasteiger partial charge in [0.2, 0.25) is 0 Å². The van der Waals surface area contributed by atoms with Crippen molar-refractivity contribution >= 4 is 0 Å². The van der Waals surface area contributed by atoms with E-state index < -0.39 is 17.7 Å². The first-order valence-corrected chi connectivity index (χ1v) is 6.16. The highest BCUT2D eigenvalue weighted by molar-refractivity contribution is 5.31. The second-order valence-corrected chi connectivity index (χ2v) is 4.89. The van der Waals surface area contributed by atoms with E-state index in [1.807, 2.05) is 32.0 Å². The van der Waals surface area contributed by atoms with E-state index in [1.165, 1.54) is 6.07 Å². The Bertz CT molecular complexity index is 573. The molecule has 0 fully saturated rings. The lowest BCUT2D eigenvalue weighted by molar-refractivity contribution is 0.178. The fraction of sp³-hybridized carbons (Fsp3) is 0.250. The molecule has 100 valence electrons. The van der Waals surface area contributed by atoms with Crippen LogP contribution in [-0.4, -0.2) is 5.11 Å². The third-order valence-electron chi connectivity index (χ3n) is 3.04. The van der Waals surface area contributed by atoms with E-state index in [2.05, 4.69) is 0 Å². The van der Waals surface area contributed by atoms with Gasteiger partial charge in [-0.25, -0.2) is 8.78 Å². The van der Waals surface area contributed by atoms with Crippen molar-refractivity contribution in [3.05, 3.63) is 70.3 Å². The molecule has 3 heteroatoms. The Hall–Kier alpha value is -1.74. The highest BCUT2D eigenvalue weighted by atomic mass is 19.2. The Morgan fingerprint density at radius 2 is 1.58 bits per heavy atom. The molecule has 0 bridgehead atoms. The summed E-state index contributed by atoms with van der Waals surface area (Å²) in [6.07, 6.45) is -0.455. The number of benzene rings is 2. The molecule has 0 aliphatic carbocycles. The molecule has 19 heavy (non-hydrogen) atoms. The van der Waals surface area contributed by atoms with Gasteiger partial charge in [-0.2, -0.15) is 0 Å². The van der Waals surface area contributed by atoms with Crippen molar-refractivity contribution in [2.24, 2.45) is 0 Å². The third kappa shape index (κ3) is 3.38. The van der Waals surface area contributed by atoms with Crippen LogP contribution in [0.15, 0.2) is 36.4 Å². The maximum Gasteiger partial charge on any atom is 0.159 e. The standard InChI is InChI=1S/C16H16F2O/c1-10-5-11(2)7-13(6-10)16(19)9-12-3-4-14(17)15(18)8-12/h3-8,16,19H,9H2,1-2H3. The van der Waals surface area contributed by atoms with Crippen molar-refractivity contribution in [1.29, 1.82) is 0 Å². The number of rotatable bonds is 3. The molecule has 1 N–H and O–H groups in total. The molecule has 0 heterocycles. The fourth-order valence-corrected chi connectivity index (χ4v) is 2.21.